The number of amides is 3. The number of carbonyl (C=O) groups is 3. The van der Waals surface area contributed by atoms with E-state index in [1.165, 1.54) is 21.2 Å². The Hall–Kier alpha value is -3.23. The topological polar surface area (TPSA) is 79.0 Å². The van der Waals surface area contributed by atoms with E-state index in [-0.39, 0.29) is 29.6 Å². The predicted molar refractivity (Wildman–Crippen MR) is 136 cm³/mol. The van der Waals surface area contributed by atoms with Crippen LogP contribution in [0.5, 0.6) is 5.75 Å². The van der Waals surface area contributed by atoms with Crippen LogP contribution in [0.1, 0.15) is 52.7 Å². The van der Waals surface area contributed by atoms with Crippen LogP contribution in [0, 0.1) is 0 Å². The molecule has 36 heavy (non-hydrogen) atoms. The van der Waals surface area contributed by atoms with Crippen LogP contribution < -0.4 is 10.1 Å². The number of rotatable bonds is 3. The molecule has 1 atom stereocenters. The summed E-state index contributed by atoms with van der Waals surface area (Å²) in [4.78, 5) is 41.3. The van der Waals surface area contributed by atoms with Gasteiger partial charge in [0.15, 0.2) is 0 Å². The van der Waals surface area contributed by atoms with Crippen LogP contribution in [-0.2, 0) is 28.1 Å². The average Bonchev–Trinajstić information content (AvgIpc) is 3.56. The number of piperidine rings is 2. The van der Waals surface area contributed by atoms with Gasteiger partial charge >= 0.3 is 0 Å². The van der Waals surface area contributed by atoms with Gasteiger partial charge in [-0.1, -0.05) is 24.3 Å². The molecule has 0 saturated carbocycles. The molecular formula is C28H27N3O4S. The molecule has 1 aromatic heterocycles. The molecule has 1 spiro atoms. The highest BCUT2D eigenvalue weighted by Crippen LogP contribution is 2.49. The molecule has 0 aliphatic carbocycles. The van der Waals surface area contributed by atoms with Crippen molar-refractivity contribution in [3.8, 4) is 5.75 Å². The van der Waals surface area contributed by atoms with Gasteiger partial charge in [0.25, 0.3) is 5.91 Å². The minimum Gasteiger partial charge on any atom is -0.492 e. The summed E-state index contributed by atoms with van der Waals surface area (Å²) in [6, 6.07) is 12.0. The number of nitrogens with one attached hydrogen (secondary N) is 1. The van der Waals surface area contributed by atoms with Crippen LogP contribution in [-0.4, -0.2) is 53.3 Å². The summed E-state index contributed by atoms with van der Waals surface area (Å²) in [5.74, 6) is 0.0369. The smallest absolute Gasteiger partial charge is 0.255 e. The number of nitrogens with zero attached hydrogens (tertiary/aromatic N) is 2. The zero-order chi connectivity index (χ0) is 24.4. The van der Waals surface area contributed by atoms with E-state index < -0.39 is 6.04 Å². The van der Waals surface area contributed by atoms with E-state index in [1.54, 1.807) is 4.90 Å². The summed E-state index contributed by atoms with van der Waals surface area (Å²) in [6.07, 6.45) is 2.66. The Morgan fingerprint density at radius 2 is 1.92 bits per heavy atom. The highest BCUT2D eigenvalue weighted by molar-refractivity contribution is 7.17. The lowest BCUT2D eigenvalue weighted by Gasteiger charge is -2.38. The third-order valence-electron chi connectivity index (χ3n) is 8.50. The largest absolute Gasteiger partial charge is 0.492 e. The number of imide groups is 1. The van der Waals surface area contributed by atoms with Crippen molar-refractivity contribution in [3.63, 3.8) is 0 Å². The molecule has 3 aromatic rings. The van der Waals surface area contributed by atoms with E-state index in [0.29, 0.717) is 25.1 Å². The molecule has 3 amide bonds. The van der Waals surface area contributed by atoms with Gasteiger partial charge in [-0.05, 0) is 60.8 Å². The molecule has 5 heterocycles. The van der Waals surface area contributed by atoms with Gasteiger partial charge in [-0.3, -0.25) is 24.6 Å². The van der Waals surface area contributed by atoms with Gasteiger partial charge in [0.2, 0.25) is 11.8 Å². The Morgan fingerprint density at radius 1 is 1.08 bits per heavy atom. The lowest BCUT2D eigenvalue weighted by molar-refractivity contribution is -0.136. The molecule has 0 bridgehead atoms. The second-order valence-electron chi connectivity index (χ2n) is 10.5. The summed E-state index contributed by atoms with van der Waals surface area (Å²) in [6.45, 7) is 3.97. The van der Waals surface area contributed by atoms with Gasteiger partial charge in [-0.15, -0.1) is 11.3 Å². The number of hydrogen-bond acceptors (Lipinski definition) is 6. The van der Waals surface area contributed by atoms with Crippen molar-refractivity contribution in [2.75, 3.05) is 19.7 Å². The zero-order valence-corrected chi connectivity index (χ0v) is 20.7. The van der Waals surface area contributed by atoms with Crippen LogP contribution in [0.2, 0.25) is 0 Å². The van der Waals surface area contributed by atoms with Crippen LogP contribution in [0.25, 0.3) is 10.1 Å². The van der Waals surface area contributed by atoms with E-state index in [2.05, 4.69) is 45.9 Å². The minimum absolute atomic E-state index is 0.0251. The van der Waals surface area contributed by atoms with Crippen molar-refractivity contribution in [2.24, 2.45) is 0 Å². The number of hydrogen-bond donors (Lipinski definition) is 1. The molecular weight excluding hydrogens is 474 g/mol. The SMILES string of the molecule is O=C1CCC(N2Cc3c(ccc4c3OCC43CCN(Cc4csc5ccccc45)CC3)C2=O)C(=O)N1. The van der Waals surface area contributed by atoms with Crippen LogP contribution in [0.4, 0.5) is 0 Å². The Labute approximate surface area is 213 Å². The highest BCUT2D eigenvalue weighted by Gasteiger charge is 2.47. The number of ether oxygens (including phenoxy) is 1. The van der Waals surface area contributed by atoms with Gasteiger partial charge in [-0.25, -0.2) is 0 Å². The maximum Gasteiger partial charge on any atom is 0.255 e. The Bertz CT molecular complexity index is 1420. The minimum atomic E-state index is -0.606. The van der Waals surface area contributed by atoms with Gasteiger partial charge in [-0.2, -0.15) is 0 Å². The Balaban J connectivity index is 1.09. The molecule has 0 radical (unpaired) electrons. The summed E-state index contributed by atoms with van der Waals surface area (Å²) < 4.78 is 7.65. The fourth-order valence-corrected chi connectivity index (χ4v) is 7.39. The van der Waals surface area contributed by atoms with Gasteiger partial charge in [0.05, 0.1) is 13.2 Å². The molecule has 1 unspecified atom stereocenters. The monoisotopic (exact) mass is 501 g/mol. The number of likely N-dealkylation sites (tertiary alicyclic amines) is 1. The molecule has 2 fully saturated rings. The molecule has 2 aromatic carbocycles. The van der Waals surface area contributed by atoms with E-state index >= 15 is 0 Å². The molecule has 2 saturated heterocycles. The van der Waals surface area contributed by atoms with Gasteiger partial charge < -0.3 is 9.64 Å². The van der Waals surface area contributed by atoms with Crippen molar-refractivity contribution in [3.05, 3.63) is 64.0 Å². The van der Waals surface area contributed by atoms with Gasteiger partial charge in [0.1, 0.15) is 11.8 Å². The fourth-order valence-electron chi connectivity index (χ4n) is 6.43. The predicted octanol–water partition coefficient (Wildman–Crippen LogP) is 3.59. The molecule has 7 nitrogen and oxygen atoms in total. The normalized spacial score (nSPS) is 23.2. The quantitative estimate of drug-likeness (QED) is 0.555. The number of thiophene rings is 1. The second kappa shape index (κ2) is 8.15. The molecule has 7 rings (SSSR count). The van der Waals surface area contributed by atoms with E-state index in [0.717, 1.165) is 43.8 Å². The first kappa shape index (κ1) is 22.0. The van der Waals surface area contributed by atoms with Crippen molar-refractivity contribution < 1.29 is 19.1 Å². The van der Waals surface area contributed by atoms with Crippen molar-refractivity contribution in [1.29, 1.82) is 0 Å². The number of fused-ring (bicyclic) bond motifs is 5. The molecule has 184 valence electrons. The van der Waals surface area contributed by atoms with E-state index in [4.69, 9.17) is 4.74 Å². The summed E-state index contributed by atoms with van der Waals surface area (Å²) in [7, 11) is 0. The zero-order valence-electron chi connectivity index (χ0n) is 19.9. The molecule has 4 aliphatic rings. The Kier molecular flexibility index (Phi) is 4.98. The molecule has 4 aliphatic heterocycles. The van der Waals surface area contributed by atoms with Gasteiger partial charge in [0, 0.05) is 39.8 Å². The van der Waals surface area contributed by atoms with Crippen LogP contribution >= 0.6 is 11.3 Å². The second-order valence-corrected chi connectivity index (χ2v) is 11.4. The third-order valence-corrected chi connectivity index (χ3v) is 9.51. The van der Waals surface area contributed by atoms with E-state index in [1.807, 2.05) is 17.4 Å². The summed E-state index contributed by atoms with van der Waals surface area (Å²) >= 11 is 1.81. The number of carbonyl (C=O) groups excluding carboxylic acids is 3. The first-order valence-corrected chi connectivity index (χ1v) is 13.5. The van der Waals surface area contributed by atoms with Crippen molar-refractivity contribution in [2.45, 2.75) is 50.2 Å². The third kappa shape index (κ3) is 3.31. The first-order valence-electron chi connectivity index (χ1n) is 12.6. The Morgan fingerprint density at radius 3 is 2.75 bits per heavy atom. The standard InChI is InChI=1S/C28H27N3O4S/c32-24-8-7-22(26(33)29-24)31-14-20-19(27(31)34)5-6-21-25(20)35-16-28(21)9-11-30(12-10-28)13-17-15-36-23-4-2-1-3-18(17)23/h1-6,15,22H,7-14,16H2,(H,29,32,33). The lowest BCUT2D eigenvalue weighted by atomic mass is 9.74. The fraction of sp³-hybridized carbons (Fsp3) is 0.393. The maximum atomic E-state index is 13.2. The summed E-state index contributed by atoms with van der Waals surface area (Å²) in [5.41, 5.74) is 4.10. The van der Waals surface area contributed by atoms with E-state index in [9.17, 15) is 14.4 Å². The van der Waals surface area contributed by atoms with Crippen LogP contribution in [0.15, 0.2) is 41.8 Å². The van der Waals surface area contributed by atoms with Crippen molar-refractivity contribution in [1.82, 2.24) is 15.1 Å². The molecule has 1 N–H and O–H groups in total. The maximum absolute atomic E-state index is 13.2. The molecule has 8 heteroatoms. The average molecular weight is 502 g/mol. The highest BCUT2D eigenvalue weighted by atomic mass is 32.1. The number of benzene rings is 2. The van der Waals surface area contributed by atoms with Crippen molar-refractivity contribution >= 4 is 39.1 Å². The first-order chi connectivity index (χ1) is 17.5. The van der Waals surface area contributed by atoms with Crippen LogP contribution in [0.3, 0.4) is 0 Å². The summed E-state index contributed by atoms with van der Waals surface area (Å²) in [5, 5.41) is 6.02. The lowest BCUT2D eigenvalue weighted by Crippen LogP contribution is -2.52.